The average Bonchev–Trinajstić information content (AvgIpc) is 2.98. The summed E-state index contributed by atoms with van der Waals surface area (Å²) in [4.78, 5) is 14.3. The maximum atomic E-state index is 13.1. The van der Waals surface area contributed by atoms with Crippen molar-refractivity contribution in [3.8, 4) is 0 Å². The predicted molar refractivity (Wildman–Crippen MR) is 103 cm³/mol. The number of epoxide rings is 1. The maximum Gasteiger partial charge on any atom is 0.349 e. The molecule has 0 saturated carbocycles. The van der Waals surface area contributed by atoms with Crippen LogP contribution in [0.4, 0.5) is 0 Å². The highest BCUT2D eigenvalue weighted by Crippen LogP contribution is 2.52. The van der Waals surface area contributed by atoms with Gasteiger partial charge in [0.2, 0.25) is 5.60 Å². The lowest BCUT2D eigenvalue weighted by molar-refractivity contribution is -0.938. The van der Waals surface area contributed by atoms with Crippen LogP contribution >= 0.6 is 22.7 Å². The van der Waals surface area contributed by atoms with E-state index >= 15 is 0 Å². The smallest absolute Gasteiger partial charge is 0.349 e. The Bertz CT molecular complexity index is 771. The van der Waals surface area contributed by atoms with Gasteiger partial charge in [-0.05, 0) is 22.9 Å². The third-order valence-electron chi connectivity index (χ3n) is 6.36. The molecule has 3 fully saturated rings. The molecule has 0 spiro atoms. The van der Waals surface area contributed by atoms with Crippen molar-refractivity contribution in [1.29, 1.82) is 0 Å². The van der Waals surface area contributed by atoms with Gasteiger partial charge in [-0.2, -0.15) is 0 Å². The molecule has 3 N–H and O–H groups in total. The Morgan fingerprint density at radius 3 is 2.07 bits per heavy atom. The molecule has 2 aromatic heterocycles. The summed E-state index contributed by atoms with van der Waals surface area (Å²) in [5.74, 6) is -0.561. The topological polar surface area (TPSA) is 90.6 Å². The number of piperidine rings is 1. The minimum absolute atomic E-state index is 0. The summed E-state index contributed by atoms with van der Waals surface area (Å²) in [6.07, 6.45) is 2.05. The molecule has 3 saturated heterocycles. The highest BCUT2D eigenvalue weighted by atomic mass is 79.9. The van der Waals surface area contributed by atoms with Gasteiger partial charge in [0.25, 0.3) is 0 Å². The van der Waals surface area contributed by atoms with Gasteiger partial charge in [-0.3, -0.25) is 0 Å². The van der Waals surface area contributed by atoms with Crippen LogP contribution in [0.1, 0.15) is 22.6 Å². The number of likely N-dealkylation sites (N-methyl/N-ethyl adjacent to an activating group) is 1. The first kappa shape index (κ1) is 21.9. The lowest BCUT2D eigenvalue weighted by Crippen LogP contribution is -3.00. The highest BCUT2D eigenvalue weighted by molar-refractivity contribution is 7.12. The second kappa shape index (κ2) is 7.46. The number of esters is 1. The molecule has 28 heavy (non-hydrogen) atoms. The lowest BCUT2D eigenvalue weighted by Gasteiger charge is -2.45. The first-order chi connectivity index (χ1) is 12.4. The van der Waals surface area contributed by atoms with Crippen LogP contribution in [-0.2, 0) is 19.9 Å². The van der Waals surface area contributed by atoms with Crippen LogP contribution in [0.2, 0.25) is 0 Å². The minimum Gasteiger partial charge on any atom is -1.00 e. The summed E-state index contributed by atoms with van der Waals surface area (Å²) >= 11 is 2.74. The lowest BCUT2D eigenvalue weighted by atomic mass is 9.95. The van der Waals surface area contributed by atoms with Gasteiger partial charge in [-0.1, -0.05) is 12.1 Å². The van der Waals surface area contributed by atoms with Gasteiger partial charge in [0.15, 0.2) is 0 Å². The van der Waals surface area contributed by atoms with Gasteiger partial charge >= 0.3 is 5.97 Å². The molecule has 2 bridgehead atoms. The fourth-order valence-corrected chi connectivity index (χ4v) is 6.54. The molecule has 0 aromatic carbocycles. The van der Waals surface area contributed by atoms with Crippen molar-refractivity contribution in [2.45, 2.75) is 48.8 Å². The standard InChI is InChI=1S/C19H22NO4S2.BrH.H2O/c1-20(2)12-9-11(10-13(20)17-16(12)24-17)23-18(21)19(22,14-5-3-7-25-14)15-6-4-8-26-15;;/h3-8,11-13,16-17,22H,9-10H2,1-2H3;1H;1H2/q+1;;/p-1/t11?,12?,13?,16-,17+;;. The van der Waals surface area contributed by atoms with Crippen molar-refractivity contribution in [1.82, 2.24) is 0 Å². The second-order valence-corrected chi connectivity index (χ2v) is 9.89. The SMILES string of the molecule is C[N+]1(C)C2CC(OC(=O)C(O)(c3cccs3)c3cccs3)CC1[C@@H]1O[C@H]21.O.[Br-]. The largest absolute Gasteiger partial charge is 1.00 e. The third-order valence-corrected chi connectivity index (χ3v) is 8.32. The molecule has 0 aliphatic carbocycles. The Kier molecular flexibility index (Phi) is 5.83. The molecule has 5 rings (SSSR count). The predicted octanol–water partition coefficient (Wildman–Crippen LogP) is -1.47. The number of thiophene rings is 2. The molecule has 5 heterocycles. The van der Waals surface area contributed by atoms with E-state index in [2.05, 4.69) is 14.1 Å². The molecule has 0 radical (unpaired) electrons. The van der Waals surface area contributed by atoms with Crippen LogP contribution in [0.25, 0.3) is 0 Å². The van der Waals surface area contributed by atoms with Gasteiger partial charge in [0.05, 0.1) is 23.8 Å². The van der Waals surface area contributed by atoms with Crippen LogP contribution in [0.5, 0.6) is 0 Å². The maximum absolute atomic E-state index is 13.1. The van der Waals surface area contributed by atoms with Crippen LogP contribution in [0.3, 0.4) is 0 Å². The zero-order valence-electron chi connectivity index (χ0n) is 15.6. The van der Waals surface area contributed by atoms with Crippen LogP contribution in [-0.4, -0.2) is 65.5 Å². The highest BCUT2D eigenvalue weighted by Gasteiger charge is 2.71. The van der Waals surface area contributed by atoms with Crippen molar-refractivity contribution in [2.75, 3.05) is 14.1 Å². The number of carbonyl (C=O) groups is 1. The van der Waals surface area contributed by atoms with E-state index in [1.807, 2.05) is 22.9 Å². The Hall–Kier alpha value is -0.810. The Morgan fingerprint density at radius 1 is 1.14 bits per heavy atom. The Balaban J connectivity index is 0.00000112. The van der Waals surface area contributed by atoms with E-state index in [-0.39, 0.29) is 28.6 Å². The number of carbonyl (C=O) groups excluding carboxylic acids is 1. The average molecular weight is 490 g/mol. The number of aliphatic hydroxyl groups is 1. The minimum atomic E-state index is -1.72. The van der Waals surface area contributed by atoms with Crippen molar-refractivity contribution < 1.29 is 46.3 Å². The molecule has 9 heteroatoms. The van der Waals surface area contributed by atoms with Crippen molar-refractivity contribution in [3.05, 3.63) is 44.8 Å². The van der Waals surface area contributed by atoms with Gasteiger partial charge in [-0.15, -0.1) is 22.7 Å². The number of nitrogens with zero attached hydrogens (tertiary/aromatic N) is 1. The molecule has 0 amide bonds. The van der Waals surface area contributed by atoms with E-state index in [9.17, 15) is 9.90 Å². The van der Waals surface area contributed by atoms with Crippen molar-refractivity contribution in [3.63, 3.8) is 0 Å². The van der Waals surface area contributed by atoms with Gasteiger partial charge in [0.1, 0.15) is 30.4 Å². The van der Waals surface area contributed by atoms with Crippen LogP contribution in [0, 0.1) is 0 Å². The zero-order chi connectivity index (χ0) is 18.1. The quantitative estimate of drug-likeness (QED) is 0.322. The zero-order valence-corrected chi connectivity index (χ0v) is 18.8. The fraction of sp³-hybridized carbons (Fsp3) is 0.526. The molecular weight excluding hydrogens is 466 g/mol. The first-order valence-electron chi connectivity index (χ1n) is 8.92. The van der Waals surface area contributed by atoms with Crippen molar-refractivity contribution in [2.24, 2.45) is 0 Å². The normalized spacial score (nSPS) is 31.9. The van der Waals surface area contributed by atoms with E-state index in [1.165, 1.54) is 22.7 Å². The number of quaternary nitrogens is 1. The number of fused-ring (bicyclic) bond motifs is 5. The molecule has 154 valence electrons. The number of morpholine rings is 1. The van der Waals surface area contributed by atoms with E-state index in [0.29, 0.717) is 34.0 Å². The summed E-state index contributed by atoms with van der Waals surface area (Å²) in [5.41, 5.74) is -1.72. The number of hydrogen-bond donors (Lipinski definition) is 1. The molecule has 3 unspecified atom stereocenters. The number of rotatable bonds is 4. The van der Waals surface area contributed by atoms with E-state index in [0.717, 1.165) is 17.3 Å². The summed E-state index contributed by atoms with van der Waals surface area (Å²) in [6.45, 7) is 0. The van der Waals surface area contributed by atoms with Gasteiger partial charge < -0.3 is 41.5 Å². The summed E-state index contributed by atoms with van der Waals surface area (Å²) in [5, 5.41) is 15.1. The number of hydrogen-bond acceptors (Lipinski definition) is 6. The Morgan fingerprint density at radius 2 is 1.64 bits per heavy atom. The first-order valence-corrected chi connectivity index (χ1v) is 10.7. The van der Waals surface area contributed by atoms with Gasteiger partial charge in [0, 0.05) is 12.8 Å². The van der Waals surface area contributed by atoms with Crippen LogP contribution < -0.4 is 17.0 Å². The summed E-state index contributed by atoms with van der Waals surface area (Å²) in [7, 11) is 4.49. The molecule has 3 aliphatic heterocycles. The Labute approximate surface area is 182 Å². The fourth-order valence-electron chi connectivity index (χ4n) is 4.83. The molecular formula is C19H24BrNO5S2. The second-order valence-electron chi connectivity index (χ2n) is 7.99. The molecule has 5 atom stereocenters. The van der Waals surface area contributed by atoms with Crippen LogP contribution in [0.15, 0.2) is 35.0 Å². The number of ether oxygens (including phenoxy) is 2. The number of halogens is 1. The molecule has 2 aromatic rings. The van der Waals surface area contributed by atoms with E-state index in [4.69, 9.17) is 9.47 Å². The summed E-state index contributed by atoms with van der Waals surface area (Å²) in [6, 6.07) is 8.01. The third kappa shape index (κ3) is 3.08. The van der Waals surface area contributed by atoms with Gasteiger partial charge in [-0.25, -0.2) is 4.79 Å². The van der Waals surface area contributed by atoms with E-state index < -0.39 is 11.6 Å². The summed E-state index contributed by atoms with van der Waals surface area (Å²) < 4.78 is 12.6. The van der Waals surface area contributed by atoms with E-state index in [1.54, 1.807) is 12.1 Å². The molecule has 3 aliphatic rings. The van der Waals surface area contributed by atoms with Crippen molar-refractivity contribution >= 4 is 28.6 Å². The molecule has 6 nitrogen and oxygen atoms in total. The monoisotopic (exact) mass is 489 g/mol.